The highest BCUT2D eigenvalue weighted by Crippen LogP contribution is 2.41. The third-order valence-corrected chi connectivity index (χ3v) is 3.36. The highest BCUT2D eigenvalue weighted by atomic mass is 16.6. The maximum absolute atomic E-state index is 11.2. The number of piperidine rings is 1. The number of ether oxygens (including phenoxy) is 1. The Balaban J connectivity index is 2.03. The summed E-state index contributed by atoms with van der Waals surface area (Å²) in [5.41, 5.74) is -0.363. The van der Waals surface area contributed by atoms with E-state index in [1.54, 1.807) is 0 Å². The van der Waals surface area contributed by atoms with Gasteiger partial charge in [0.05, 0.1) is 12.8 Å². The maximum atomic E-state index is 11.2. The van der Waals surface area contributed by atoms with Gasteiger partial charge in [0, 0.05) is 13.1 Å². The van der Waals surface area contributed by atoms with Crippen LogP contribution in [0.3, 0.4) is 0 Å². The van der Waals surface area contributed by atoms with Crippen molar-refractivity contribution >= 4 is 18.0 Å². The molecule has 2 heterocycles. The van der Waals surface area contributed by atoms with Crippen molar-refractivity contribution in [2.45, 2.75) is 25.7 Å². The average Bonchev–Trinajstić information content (AvgIpc) is 2.16. The zero-order valence-electron chi connectivity index (χ0n) is 8.77. The first-order valence-corrected chi connectivity index (χ1v) is 5.22. The molecule has 0 aromatic rings. The van der Waals surface area contributed by atoms with Gasteiger partial charge in [-0.05, 0) is 18.3 Å². The Kier molecular flexibility index (Phi) is 2.57. The number of carbonyl (C=O) groups is 3. The van der Waals surface area contributed by atoms with E-state index in [2.05, 4.69) is 4.74 Å². The van der Waals surface area contributed by atoms with E-state index in [0.29, 0.717) is 25.9 Å². The number of nitrogens with zero attached hydrogens (tertiary/aromatic N) is 1. The molecule has 0 atom stereocenters. The normalized spacial score (nSPS) is 24.4. The second-order valence-corrected chi connectivity index (χ2v) is 4.47. The molecule has 16 heavy (non-hydrogen) atoms. The predicted octanol–water partition coefficient (Wildman–Crippen LogP) is 0.610. The summed E-state index contributed by atoms with van der Waals surface area (Å²) >= 11 is 0. The topological polar surface area (TPSA) is 83.9 Å². The van der Waals surface area contributed by atoms with Crippen molar-refractivity contribution in [1.82, 2.24) is 4.90 Å². The van der Waals surface area contributed by atoms with Crippen LogP contribution in [0.25, 0.3) is 0 Å². The molecule has 2 aliphatic heterocycles. The van der Waals surface area contributed by atoms with Gasteiger partial charge in [0.2, 0.25) is 0 Å². The van der Waals surface area contributed by atoms with Crippen molar-refractivity contribution in [2.24, 2.45) is 5.41 Å². The van der Waals surface area contributed by atoms with E-state index in [9.17, 15) is 14.4 Å². The van der Waals surface area contributed by atoms with Crippen LogP contribution in [0, 0.1) is 5.41 Å². The van der Waals surface area contributed by atoms with Crippen LogP contribution in [0.1, 0.15) is 25.7 Å². The van der Waals surface area contributed by atoms with Gasteiger partial charge in [-0.15, -0.1) is 0 Å². The third-order valence-electron chi connectivity index (χ3n) is 3.36. The zero-order chi connectivity index (χ0) is 11.8. The summed E-state index contributed by atoms with van der Waals surface area (Å²) in [5.74, 6) is -0.972. The Labute approximate surface area is 92.2 Å². The van der Waals surface area contributed by atoms with Crippen molar-refractivity contribution in [3.05, 3.63) is 0 Å². The molecule has 2 aliphatic rings. The van der Waals surface area contributed by atoms with Gasteiger partial charge in [-0.25, -0.2) is 4.79 Å². The van der Waals surface area contributed by atoms with Crippen LogP contribution in [0.2, 0.25) is 0 Å². The van der Waals surface area contributed by atoms with Gasteiger partial charge < -0.3 is 14.7 Å². The van der Waals surface area contributed by atoms with Crippen LogP contribution in [-0.4, -0.2) is 41.1 Å². The summed E-state index contributed by atoms with van der Waals surface area (Å²) in [4.78, 5) is 34.4. The molecule has 0 aliphatic carbocycles. The number of hydrogen-bond acceptors (Lipinski definition) is 4. The van der Waals surface area contributed by atoms with Crippen LogP contribution in [0.15, 0.2) is 0 Å². The molecule has 0 aromatic heterocycles. The summed E-state index contributed by atoms with van der Waals surface area (Å²) < 4.78 is 4.48. The number of cyclic esters (lactones) is 2. The second kappa shape index (κ2) is 3.77. The average molecular weight is 227 g/mol. The van der Waals surface area contributed by atoms with Crippen LogP contribution in [0.4, 0.5) is 4.79 Å². The number of rotatable bonds is 0. The lowest BCUT2D eigenvalue weighted by Crippen LogP contribution is -2.46. The van der Waals surface area contributed by atoms with E-state index in [0.717, 1.165) is 0 Å². The molecular weight excluding hydrogens is 214 g/mol. The highest BCUT2D eigenvalue weighted by Gasteiger charge is 2.43. The van der Waals surface area contributed by atoms with E-state index in [1.165, 1.54) is 4.90 Å². The number of hydrogen-bond donors (Lipinski definition) is 1. The van der Waals surface area contributed by atoms with E-state index in [4.69, 9.17) is 5.11 Å². The highest BCUT2D eigenvalue weighted by molar-refractivity contribution is 5.89. The second-order valence-electron chi connectivity index (χ2n) is 4.47. The standard InChI is InChI=1S/C10H13NO5/c12-7-5-10(6-8(13)16-7)1-3-11(4-2-10)9(14)15/h1-6H2,(H,14,15). The summed E-state index contributed by atoms with van der Waals surface area (Å²) in [7, 11) is 0. The third kappa shape index (κ3) is 2.00. The number of amides is 1. The molecule has 6 heteroatoms. The van der Waals surface area contributed by atoms with E-state index >= 15 is 0 Å². The van der Waals surface area contributed by atoms with E-state index in [1.807, 2.05) is 0 Å². The molecule has 0 bridgehead atoms. The molecule has 0 unspecified atom stereocenters. The van der Waals surface area contributed by atoms with Crippen LogP contribution >= 0.6 is 0 Å². The first-order chi connectivity index (χ1) is 7.51. The molecule has 2 saturated heterocycles. The Morgan fingerprint density at radius 3 is 2.12 bits per heavy atom. The molecule has 0 radical (unpaired) electrons. The molecule has 1 spiro atoms. The number of carboxylic acid groups (broad SMARTS) is 1. The molecule has 1 N–H and O–H groups in total. The maximum Gasteiger partial charge on any atom is 0.407 e. The molecule has 2 fully saturated rings. The summed E-state index contributed by atoms with van der Waals surface area (Å²) in [6.45, 7) is 0.770. The SMILES string of the molecule is O=C1CC2(CCN(C(=O)O)CC2)CC(=O)O1. The first kappa shape index (κ1) is 10.9. The minimum absolute atomic E-state index is 0.228. The van der Waals surface area contributed by atoms with Gasteiger partial charge in [0.1, 0.15) is 0 Å². The summed E-state index contributed by atoms with van der Waals surface area (Å²) in [6, 6.07) is 0. The number of carbonyl (C=O) groups excluding carboxylic acids is 2. The minimum atomic E-state index is -0.945. The van der Waals surface area contributed by atoms with Crippen molar-refractivity contribution in [1.29, 1.82) is 0 Å². The largest absolute Gasteiger partial charge is 0.465 e. The van der Waals surface area contributed by atoms with Crippen LogP contribution in [0.5, 0.6) is 0 Å². The van der Waals surface area contributed by atoms with Gasteiger partial charge >= 0.3 is 18.0 Å². The van der Waals surface area contributed by atoms with Crippen LogP contribution in [-0.2, 0) is 14.3 Å². The fraction of sp³-hybridized carbons (Fsp3) is 0.700. The lowest BCUT2D eigenvalue weighted by atomic mass is 9.72. The number of esters is 2. The summed E-state index contributed by atoms with van der Waals surface area (Å²) in [5, 5.41) is 8.80. The summed E-state index contributed by atoms with van der Waals surface area (Å²) in [6.07, 6.45) is 0.623. The van der Waals surface area contributed by atoms with Crippen molar-refractivity contribution in [2.75, 3.05) is 13.1 Å². The Hall–Kier alpha value is -1.59. The van der Waals surface area contributed by atoms with Gasteiger partial charge in [0.25, 0.3) is 0 Å². The zero-order valence-corrected chi connectivity index (χ0v) is 8.77. The van der Waals surface area contributed by atoms with E-state index < -0.39 is 18.0 Å². The monoisotopic (exact) mass is 227 g/mol. The lowest BCUT2D eigenvalue weighted by Gasteiger charge is -2.41. The van der Waals surface area contributed by atoms with Crippen molar-refractivity contribution in [3.8, 4) is 0 Å². The number of likely N-dealkylation sites (tertiary alicyclic amines) is 1. The molecule has 88 valence electrons. The smallest absolute Gasteiger partial charge is 0.407 e. The van der Waals surface area contributed by atoms with Crippen molar-refractivity contribution < 1.29 is 24.2 Å². The fourth-order valence-corrected chi connectivity index (χ4v) is 2.40. The van der Waals surface area contributed by atoms with Gasteiger partial charge in [-0.1, -0.05) is 0 Å². The Morgan fingerprint density at radius 1 is 1.19 bits per heavy atom. The van der Waals surface area contributed by atoms with Gasteiger partial charge in [-0.2, -0.15) is 0 Å². The first-order valence-electron chi connectivity index (χ1n) is 5.22. The minimum Gasteiger partial charge on any atom is -0.465 e. The Bertz CT molecular complexity index is 325. The fourth-order valence-electron chi connectivity index (χ4n) is 2.40. The Morgan fingerprint density at radius 2 is 1.69 bits per heavy atom. The molecule has 1 amide bonds. The lowest BCUT2D eigenvalue weighted by molar-refractivity contribution is -0.170. The molecule has 0 saturated carbocycles. The van der Waals surface area contributed by atoms with Crippen molar-refractivity contribution in [3.63, 3.8) is 0 Å². The van der Waals surface area contributed by atoms with Crippen LogP contribution < -0.4 is 0 Å². The van der Waals surface area contributed by atoms with Gasteiger partial charge in [0.15, 0.2) is 0 Å². The molecule has 6 nitrogen and oxygen atoms in total. The van der Waals surface area contributed by atoms with Gasteiger partial charge in [-0.3, -0.25) is 9.59 Å². The molecular formula is C10H13NO5. The molecule has 2 rings (SSSR count). The molecule has 0 aromatic carbocycles. The van der Waals surface area contributed by atoms with E-state index in [-0.39, 0.29) is 18.3 Å². The predicted molar refractivity (Wildman–Crippen MR) is 51.6 cm³/mol. The quantitative estimate of drug-likeness (QED) is 0.484.